The third-order valence-corrected chi connectivity index (χ3v) is 6.68. The smallest absolute Gasteiger partial charge is 0.308 e. The summed E-state index contributed by atoms with van der Waals surface area (Å²) in [6.07, 6.45) is 1.52. The summed E-state index contributed by atoms with van der Waals surface area (Å²) in [5, 5.41) is 6.62. The summed E-state index contributed by atoms with van der Waals surface area (Å²) >= 11 is 13.0. The van der Waals surface area contributed by atoms with Crippen molar-refractivity contribution in [2.24, 2.45) is 0 Å². The predicted molar refractivity (Wildman–Crippen MR) is 121 cm³/mol. The van der Waals surface area contributed by atoms with Gasteiger partial charge < -0.3 is 15.0 Å². The van der Waals surface area contributed by atoms with Crippen molar-refractivity contribution in [1.29, 1.82) is 0 Å². The molecule has 10 heteroatoms. The monoisotopic (exact) mass is 467 g/mol. The number of fused-ring (bicyclic) bond motifs is 1. The summed E-state index contributed by atoms with van der Waals surface area (Å²) in [6, 6.07) is 6.62. The van der Waals surface area contributed by atoms with Gasteiger partial charge in [-0.25, -0.2) is 0 Å². The lowest BCUT2D eigenvalue weighted by Crippen LogP contribution is -2.60. The number of halogens is 1. The Morgan fingerprint density at radius 2 is 2.17 bits per heavy atom. The Balaban J connectivity index is 1.69. The number of esters is 1. The van der Waals surface area contributed by atoms with Gasteiger partial charge in [-0.15, -0.1) is 11.3 Å². The molecular weight excluding hydrogens is 446 g/mol. The topological polar surface area (TPSA) is 87.7 Å². The van der Waals surface area contributed by atoms with Gasteiger partial charge in [-0.1, -0.05) is 43.1 Å². The number of benzene rings is 1. The van der Waals surface area contributed by atoms with E-state index in [-0.39, 0.29) is 17.4 Å². The van der Waals surface area contributed by atoms with E-state index in [1.165, 1.54) is 11.3 Å². The molecule has 1 atom stereocenters. The lowest BCUT2D eigenvalue weighted by Gasteiger charge is -2.36. The zero-order valence-corrected chi connectivity index (χ0v) is 18.8. The van der Waals surface area contributed by atoms with Crippen molar-refractivity contribution in [3.63, 3.8) is 0 Å². The van der Waals surface area contributed by atoms with Crippen molar-refractivity contribution in [2.45, 2.75) is 32.2 Å². The van der Waals surface area contributed by atoms with Gasteiger partial charge in [0.05, 0.1) is 18.1 Å². The fourth-order valence-electron chi connectivity index (χ4n) is 3.09. The molecule has 0 saturated carbocycles. The molecule has 0 aliphatic carbocycles. The highest BCUT2D eigenvalue weighted by molar-refractivity contribution is 7.80. The highest BCUT2D eigenvalue weighted by Crippen LogP contribution is 2.35. The molecule has 7 nitrogen and oxygen atoms in total. The number of nitrogens with one attached hydrogen (secondary N) is 2. The second-order valence-corrected chi connectivity index (χ2v) is 8.60. The van der Waals surface area contributed by atoms with E-state index in [0.717, 1.165) is 22.9 Å². The minimum absolute atomic E-state index is 0.0785. The molecule has 0 radical (unpaired) electrons. The predicted octanol–water partition coefficient (Wildman–Crippen LogP) is 3.10. The van der Waals surface area contributed by atoms with E-state index in [9.17, 15) is 14.4 Å². The van der Waals surface area contributed by atoms with E-state index >= 15 is 0 Å². The van der Waals surface area contributed by atoms with Crippen molar-refractivity contribution in [3.05, 3.63) is 34.2 Å². The fourth-order valence-corrected chi connectivity index (χ4v) is 4.82. The first kappa shape index (κ1) is 22.5. The van der Waals surface area contributed by atoms with Crippen LogP contribution in [-0.2, 0) is 14.3 Å². The Hall–Kier alpha value is -2.23. The van der Waals surface area contributed by atoms with Crippen LogP contribution < -0.4 is 10.6 Å². The number of thiocarbonyl (C=S) groups is 1. The molecule has 1 aliphatic rings. The normalized spacial score (nSPS) is 16.3. The Bertz CT molecular complexity index is 978. The van der Waals surface area contributed by atoms with E-state index in [1.54, 1.807) is 4.90 Å². The van der Waals surface area contributed by atoms with Crippen LogP contribution in [0, 0.1) is 0 Å². The Labute approximate surface area is 188 Å². The van der Waals surface area contributed by atoms with Crippen LogP contribution in [0.2, 0.25) is 5.02 Å². The molecule has 2 amide bonds. The zero-order valence-electron chi connectivity index (χ0n) is 16.4. The number of rotatable bonds is 6. The number of unbranched alkanes of at least 4 members (excludes halogenated alkanes) is 1. The third-order valence-electron chi connectivity index (χ3n) is 4.67. The number of nitrogens with zero attached hydrogens (tertiary/aromatic N) is 1. The summed E-state index contributed by atoms with van der Waals surface area (Å²) in [6.45, 7) is 3.04. The summed E-state index contributed by atoms with van der Waals surface area (Å²) in [7, 11) is 0. The summed E-state index contributed by atoms with van der Waals surface area (Å²) in [5.41, 5.74) is 0. The van der Waals surface area contributed by atoms with E-state index in [0.29, 0.717) is 29.6 Å². The van der Waals surface area contributed by atoms with Gasteiger partial charge >= 0.3 is 5.97 Å². The molecule has 1 aromatic carbocycles. The molecule has 2 heterocycles. The van der Waals surface area contributed by atoms with Crippen LogP contribution >= 0.6 is 35.2 Å². The Morgan fingerprint density at radius 3 is 2.90 bits per heavy atom. The molecule has 1 saturated heterocycles. The van der Waals surface area contributed by atoms with Crippen molar-refractivity contribution in [2.75, 3.05) is 19.7 Å². The third kappa shape index (κ3) is 5.08. The molecule has 1 aromatic heterocycles. The van der Waals surface area contributed by atoms with Crippen LogP contribution in [0.25, 0.3) is 10.1 Å². The van der Waals surface area contributed by atoms with Gasteiger partial charge in [0.25, 0.3) is 5.91 Å². The summed E-state index contributed by atoms with van der Waals surface area (Å²) < 4.78 is 6.06. The molecule has 2 aromatic rings. The van der Waals surface area contributed by atoms with E-state index < -0.39 is 17.9 Å². The largest absolute Gasteiger partial charge is 0.466 e. The highest BCUT2D eigenvalue weighted by Gasteiger charge is 2.34. The lowest BCUT2D eigenvalue weighted by atomic mass is 10.1. The number of carbonyl (C=O) groups is 3. The number of hydrogen-bond donors (Lipinski definition) is 2. The van der Waals surface area contributed by atoms with E-state index in [4.69, 9.17) is 28.6 Å². The van der Waals surface area contributed by atoms with Crippen LogP contribution in [0.3, 0.4) is 0 Å². The first-order valence-electron chi connectivity index (χ1n) is 9.64. The van der Waals surface area contributed by atoms with Crippen molar-refractivity contribution >= 4 is 68.1 Å². The summed E-state index contributed by atoms with van der Waals surface area (Å²) in [5.74, 6) is -1.25. The number of hydrogen-bond acceptors (Lipinski definition) is 6. The molecule has 3 rings (SSSR count). The van der Waals surface area contributed by atoms with Gasteiger partial charge in [-0.3, -0.25) is 19.7 Å². The average molecular weight is 468 g/mol. The van der Waals surface area contributed by atoms with Crippen molar-refractivity contribution < 1.29 is 19.1 Å². The second kappa shape index (κ2) is 10.2. The van der Waals surface area contributed by atoms with E-state index in [1.807, 2.05) is 31.2 Å². The van der Waals surface area contributed by atoms with Gasteiger partial charge in [0.1, 0.15) is 10.9 Å². The molecule has 0 spiro atoms. The minimum atomic E-state index is -0.835. The maximum Gasteiger partial charge on any atom is 0.308 e. The SMILES string of the molecule is CCCCOC(=O)CC1C(=O)NCCN1C(=S)NC(=O)c1sc2ccccc2c1Cl. The van der Waals surface area contributed by atoms with Gasteiger partial charge in [0, 0.05) is 23.2 Å². The lowest BCUT2D eigenvalue weighted by molar-refractivity contribution is -0.147. The van der Waals surface area contributed by atoms with Gasteiger partial charge in [-0.2, -0.15) is 0 Å². The number of piperazine rings is 1. The highest BCUT2D eigenvalue weighted by atomic mass is 35.5. The average Bonchev–Trinajstić information content (AvgIpc) is 3.06. The molecule has 2 N–H and O–H groups in total. The molecule has 1 unspecified atom stereocenters. The van der Waals surface area contributed by atoms with Crippen LogP contribution in [0.15, 0.2) is 24.3 Å². The van der Waals surface area contributed by atoms with Crippen LogP contribution in [0.1, 0.15) is 35.9 Å². The molecule has 1 fully saturated rings. The quantitative estimate of drug-likeness (QED) is 0.385. The molecule has 160 valence electrons. The fraction of sp³-hybridized carbons (Fsp3) is 0.400. The molecule has 1 aliphatic heterocycles. The first-order valence-corrected chi connectivity index (χ1v) is 11.2. The van der Waals surface area contributed by atoms with Crippen LogP contribution in [-0.4, -0.2) is 53.5 Å². The maximum atomic E-state index is 12.8. The standard InChI is InChI=1S/C20H22ClN3O4S2/c1-2-3-10-28-15(25)11-13-18(26)22-8-9-24(13)20(29)23-19(27)17-16(21)12-6-4-5-7-14(12)30-17/h4-7,13H,2-3,8-11H2,1H3,(H,22,26)(H,23,27,29). The first-order chi connectivity index (χ1) is 14.4. The van der Waals surface area contributed by atoms with Crippen molar-refractivity contribution in [1.82, 2.24) is 15.5 Å². The molecular formula is C20H22ClN3O4S2. The van der Waals surface area contributed by atoms with Crippen LogP contribution in [0.5, 0.6) is 0 Å². The molecule has 30 heavy (non-hydrogen) atoms. The Kier molecular flexibility index (Phi) is 7.63. The maximum absolute atomic E-state index is 12.8. The summed E-state index contributed by atoms with van der Waals surface area (Å²) in [4.78, 5) is 39.1. The number of amides is 2. The van der Waals surface area contributed by atoms with Gasteiger partial charge in [0.2, 0.25) is 5.91 Å². The number of ether oxygens (including phenoxy) is 1. The van der Waals surface area contributed by atoms with Crippen molar-refractivity contribution in [3.8, 4) is 0 Å². The molecule has 0 bridgehead atoms. The van der Waals surface area contributed by atoms with Gasteiger partial charge in [0.15, 0.2) is 5.11 Å². The number of carbonyl (C=O) groups excluding carboxylic acids is 3. The zero-order chi connectivity index (χ0) is 21.7. The van der Waals surface area contributed by atoms with Gasteiger partial charge in [-0.05, 0) is 24.7 Å². The second-order valence-electron chi connectivity index (χ2n) is 6.78. The Morgan fingerprint density at radius 1 is 1.40 bits per heavy atom. The number of thiophene rings is 1. The van der Waals surface area contributed by atoms with Crippen LogP contribution in [0.4, 0.5) is 0 Å². The minimum Gasteiger partial charge on any atom is -0.466 e. The van der Waals surface area contributed by atoms with E-state index in [2.05, 4.69) is 10.6 Å².